The predicted molar refractivity (Wildman–Crippen MR) is 108 cm³/mol. The topological polar surface area (TPSA) is 79.7 Å². The van der Waals surface area contributed by atoms with Crippen molar-refractivity contribution < 1.29 is 14.3 Å². The number of fused-ring (bicyclic) bond motifs is 2. The fraction of sp³-hybridized carbons (Fsp3) is 0.476. The molecule has 0 aliphatic carbocycles. The number of hydrogen-bond donors (Lipinski definition) is 1. The van der Waals surface area contributed by atoms with E-state index in [4.69, 9.17) is 4.74 Å². The molecule has 1 aromatic carbocycles. The lowest BCUT2D eigenvalue weighted by Gasteiger charge is -2.27. The van der Waals surface area contributed by atoms with Crippen LogP contribution in [0.15, 0.2) is 24.3 Å². The number of carbonyl (C=O) groups is 2. The number of hydrogen-bond acceptors (Lipinski definition) is 5. The van der Waals surface area contributed by atoms with Gasteiger partial charge in [0.15, 0.2) is 5.69 Å². The van der Waals surface area contributed by atoms with E-state index in [2.05, 4.69) is 10.4 Å². The lowest BCUT2D eigenvalue weighted by molar-refractivity contribution is 0.0705. The zero-order valence-electron chi connectivity index (χ0n) is 17.1. The molecule has 0 saturated heterocycles. The molecule has 1 N–H and O–H groups in total. The molecule has 154 valence electrons. The van der Waals surface area contributed by atoms with E-state index in [1.807, 2.05) is 53.7 Å². The Morgan fingerprint density at radius 3 is 2.90 bits per heavy atom. The number of likely N-dealkylation sites (N-methyl/N-ethyl adjacent to an activating group) is 1. The normalized spacial score (nSPS) is 17.7. The Morgan fingerprint density at radius 2 is 2.10 bits per heavy atom. The quantitative estimate of drug-likeness (QED) is 0.819. The SMILES string of the molecule is C[C@H]1Cc2cc(C(=O)N3CCn4nc(C(=O)NCCN(C)C)cc4C3)ccc2O1. The molecule has 1 atom stereocenters. The molecule has 2 amide bonds. The van der Waals surface area contributed by atoms with E-state index in [0.29, 0.717) is 37.4 Å². The number of nitrogens with one attached hydrogen (secondary N) is 1. The first kappa shape index (κ1) is 19.4. The second-order valence-electron chi connectivity index (χ2n) is 7.99. The first-order valence-electron chi connectivity index (χ1n) is 9.99. The Hall–Kier alpha value is -2.87. The van der Waals surface area contributed by atoms with Crippen LogP contribution in [0.1, 0.15) is 39.0 Å². The number of ether oxygens (including phenoxy) is 1. The molecule has 3 heterocycles. The standard InChI is InChI=1S/C21H27N5O3/c1-14-10-16-11-15(4-5-19(16)29-14)21(28)25-8-9-26-17(13-25)12-18(23-26)20(27)22-6-7-24(2)3/h4-5,11-12,14H,6-10,13H2,1-3H3,(H,22,27)/t14-/m0/s1. The highest BCUT2D eigenvalue weighted by Crippen LogP contribution is 2.30. The summed E-state index contributed by atoms with van der Waals surface area (Å²) in [5.41, 5.74) is 3.04. The van der Waals surface area contributed by atoms with E-state index < -0.39 is 0 Å². The van der Waals surface area contributed by atoms with Crippen molar-refractivity contribution in [2.75, 3.05) is 33.7 Å². The minimum absolute atomic E-state index is 0.00297. The van der Waals surface area contributed by atoms with Crippen LogP contribution in [0, 0.1) is 0 Å². The summed E-state index contributed by atoms with van der Waals surface area (Å²) in [4.78, 5) is 29.1. The highest BCUT2D eigenvalue weighted by atomic mass is 16.5. The molecule has 4 rings (SSSR count). The molecular formula is C21H27N5O3. The molecule has 0 unspecified atom stereocenters. The van der Waals surface area contributed by atoms with Gasteiger partial charge in [0, 0.05) is 31.6 Å². The largest absolute Gasteiger partial charge is 0.490 e. The van der Waals surface area contributed by atoms with E-state index >= 15 is 0 Å². The zero-order chi connectivity index (χ0) is 20.5. The van der Waals surface area contributed by atoms with Gasteiger partial charge in [-0.1, -0.05) is 0 Å². The van der Waals surface area contributed by atoms with Crippen molar-refractivity contribution in [3.8, 4) is 5.75 Å². The zero-order valence-corrected chi connectivity index (χ0v) is 17.1. The average Bonchev–Trinajstić information content (AvgIpc) is 3.28. The molecule has 0 fully saturated rings. The number of carbonyl (C=O) groups excluding carboxylic acids is 2. The van der Waals surface area contributed by atoms with Crippen LogP contribution in [0.2, 0.25) is 0 Å². The van der Waals surface area contributed by atoms with E-state index in [-0.39, 0.29) is 17.9 Å². The maximum Gasteiger partial charge on any atom is 0.271 e. The van der Waals surface area contributed by atoms with E-state index in [1.165, 1.54) is 0 Å². The van der Waals surface area contributed by atoms with Crippen LogP contribution in [0.3, 0.4) is 0 Å². The van der Waals surface area contributed by atoms with Gasteiger partial charge in [-0.2, -0.15) is 5.10 Å². The summed E-state index contributed by atoms with van der Waals surface area (Å²) < 4.78 is 7.54. The Bertz CT molecular complexity index is 936. The number of benzene rings is 1. The number of nitrogens with zero attached hydrogens (tertiary/aromatic N) is 4. The van der Waals surface area contributed by atoms with Gasteiger partial charge in [-0.3, -0.25) is 14.3 Å². The number of aromatic nitrogens is 2. The van der Waals surface area contributed by atoms with Crippen molar-refractivity contribution in [1.29, 1.82) is 0 Å². The summed E-state index contributed by atoms with van der Waals surface area (Å²) in [6, 6.07) is 7.44. The predicted octanol–water partition coefficient (Wildman–Crippen LogP) is 1.15. The molecule has 8 nitrogen and oxygen atoms in total. The molecule has 0 spiro atoms. The van der Waals surface area contributed by atoms with Gasteiger partial charge < -0.3 is 19.9 Å². The second-order valence-corrected chi connectivity index (χ2v) is 7.99. The Kier molecular flexibility index (Phi) is 5.27. The van der Waals surface area contributed by atoms with Crippen LogP contribution in [-0.4, -0.2) is 71.2 Å². The van der Waals surface area contributed by atoms with Crippen molar-refractivity contribution >= 4 is 11.8 Å². The molecule has 0 bridgehead atoms. The molecule has 0 saturated carbocycles. The van der Waals surface area contributed by atoms with Gasteiger partial charge in [0.1, 0.15) is 11.9 Å². The van der Waals surface area contributed by atoms with Crippen molar-refractivity contribution in [1.82, 2.24) is 24.9 Å². The summed E-state index contributed by atoms with van der Waals surface area (Å²) >= 11 is 0. The highest BCUT2D eigenvalue weighted by Gasteiger charge is 2.26. The van der Waals surface area contributed by atoms with Gasteiger partial charge in [0.2, 0.25) is 0 Å². The monoisotopic (exact) mass is 397 g/mol. The van der Waals surface area contributed by atoms with Crippen LogP contribution in [-0.2, 0) is 19.5 Å². The first-order valence-corrected chi connectivity index (χ1v) is 9.99. The summed E-state index contributed by atoms with van der Waals surface area (Å²) in [6.07, 6.45) is 0.984. The van der Waals surface area contributed by atoms with E-state index in [9.17, 15) is 9.59 Å². The maximum absolute atomic E-state index is 13.0. The smallest absolute Gasteiger partial charge is 0.271 e. The van der Waals surface area contributed by atoms with Gasteiger partial charge in [0.05, 0.1) is 18.8 Å². The van der Waals surface area contributed by atoms with E-state index in [1.54, 1.807) is 6.07 Å². The van der Waals surface area contributed by atoms with Crippen LogP contribution in [0.4, 0.5) is 0 Å². The molecule has 2 aromatic rings. The van der Waals surface area contributed by atoms with Crippen molar-refractivity contribution in [3.63, 3.8) is 0 Å². The Labute approximate surface area is 170 Å². The molecule has 2 aliphatic heterocycles. The first-order chi connectivity index (χ1) is 13.9. The Morgan fingerprint density at radius 1 is 1.28 bits per heavy atom. The van der Waals surface area contributed by atoms with Gasteiger partial charge in [-0.15, -0.1) is 0 Å². The fourth-order valence-corrected chi connectivity index (χ4v) is 3.77. The lowest BCUT2D eigenvalue weighted by atomic mass is 10.1. The fourth-order valence-electron chi connectivity index (χ4n) is 3.77. The minimum Gasteiger partial charge on any atom is -0.490 e. The molecule has 29 heavy (non-hydrogen) atoms. The van der Waals surface area contributed by atoms with Gasteiger partial charge in [-0.25, -0.2) is 0 Å². The summed E-state index contributed by atoms with van der Waals surface area (Å²) in [5.74, 6) is 0.687. The van der Waals surface area contributed by atoms with Crippen molar-refractivity contribution in [2.45, 2.75) is 32.5 Å². The average molecular weight is 397 g/mol. The van der Waals surface area contributed by atoms with Gasteiger partial charge in [0.25, 0.3) is 11.8 Å². The summed E-state index contributed by atoms with van der Waals surface area (Å²) in [7, 11) is 3.92. The summed E-state index contributed by atoms with van der Waals surface area (Å²) in [6.45, 7) is 4.96. The van der Waals surface area contributed by atoms with E-state index in [0.717, 1.165) is 30.0 Å². The van der Waals surface area contributed by atoms with Gasteiger partial charge in [-0.05, 0) is 50.8 Å². The van der Waals surface area contributed by atoms with Crippen molar-refractivity contribution in [3.05, 3.63) is 46.8 Å². The second kappa shape index (κ2) is 7.87. The third kappa shape index (κ3) is 4.12. The lowest BCUT2D eigenvalue weighted by Crippen LogP contribution is -2.38. The maximum atomic E-state index is 13.0. The highest BCUT2D eigenvalue weighted by molar-refractivity contribution is 5.95. The third-order valence-corrected chi connectivity index (χ3v) is 5.31. The number of rotatable bonds is 5. The molecule has 1 aromatic heterocycles. The van der Waals surface area contributed by atoms with Gasteiger partial charge >= 0.3 is 0 Å². The molecule has 2 aliphatic rings. The molecular weight excluding hydrogens is 370 g/mol. The van der Waals surface area contributed by atoms with Crippen LogP contribution < -0.4 is 10.1 Å². The Balaban J connectivity index is 1.42. The van der Waals surface area contributed by atoms with Crippen LogP contribution in [0.25, 0.3) is 0 Å². The molecule has 8 heteroatoms. The third-order valence-electron chi connectivity index (χ3n) is 5.31. The summed E-state index contributed by atoms with van der Waals surface area (Å²) in [5, 5.41) is 7.28. The molecule has 0 radical (unpaired) electrons. The minimum atomic E-state index is -0.181. The van der Waals surface area contributed by atoms with Crippen LogP contribution in [0.5, 0.6) is 5.75 Å². The number of amides is 2. The van der Waals surface area contributed by atoms with Crippen molar-refractivity contribution in [2.24, 2.45) is 0 Å². The van der Waals surface area contributed by atoms with Crippen LogP contribution >= 0.6 is 0 Å².